The maximum absolute atomic E-state index is 12.3. The van der Waals surface area contributed by atoms with Gasteiger partial charge >= 0.3 is 0 Å². The van der Waals surface area contributed by atoms with Crippen LogP contribution in [0.1, 0.15) is 21.9 Å². The quantitative estimate of drug-likeness (QED) is 0.372. The number of carbonyl (C=O) groups excluding carboxylic acids is 1. The molecule has 0 saturated heterocycles. The van der Waals surface area contributed by atoms with Gasteiger partial charge in [0, 0.05) is 6.07 Å². The van der Waals surface area contributed by atoms with Crippen molar-refractivity contribution in [2.45, 2.75) is 5.25 Å². The third kappa shape index (κ3) is 3.90. The fourth-order valence-electron chi connectivity index (χ4n) is 3.42. The molecular formula is C22H17N3O3S. The Bertz CT molecular complexity index is 1070. The lowest BCUT2D eigenvalue weighted by atomic mass is 10.1. The predicted molar refractivity (Wildman–Crippen MR) is 115 cm³/mol. The molecule has 0 aliphatic heterocycles. The second-order valence-electron chi connectivity index (χ2n) is 6.47. The number of hydrazone groups is 1. The highest BCUT2D eigenvalue weighted by molar-refractivity contribution is 8.00. The van der Waals surface area contributed by atoms with Gasteiger partial charge in [-0.3, -0.25) is 14.9 Å². The minimum atomic E-state index is -0.478. The molecule has 29 heavy (non-hydrogen) atoms. The van der Waals surface area contributed by atoms with Crippen LogP contribution in [-0.2, 0) is 4.79 Å². The number of carbonyl (C=O) groups is 1. The summed E-state index contributed by atoms with van der Waals surface area (Å²) in [7, 11) is 0. The van der Waals surface area contributed by atoms with Crippen LogP contribution in [0.4, 0.5) is 5.69 Å². The summed E-state index contributed by atoms with van der Waals surface area (Å²) in [5.74, 6) is -0.0339. The van der Waals surface area contributed by atoms with E-state index in [1.165, 1.54) is 46.3 Å². The number of amides is 1. The molecule has 4 rings (SSSR count). The van der Waals surface area contributed by atoms with E-state index in [9.17, 15) is 14.9 Å². The van der Waals surface area contributed by atoms with Gasteiger partial charge in [0.05, 0.1) is 27.7 Å². The number of nitro benzene ring substituents is 1. The zero-order valence-electron chi connectivity index (χ0n) is 15.3. The number of nitrogens with one attached hydrogen (secondary N) is 1. The average molecular weight is 403 g/mol. The maximum atomic E-state index is 12.3. The molecule has 7 heteroatoms. The van der Waals surface area contributed by atoms with E-state index in [4.69, 9.17) is 0 Å². The molecule has 0 radical (unpaired) electrons. The highest BCUT2D eigenvalue weighted by atomic mass is 32.2. The van der Waals surface area contributed by atoms with Crippen LogP contribution >= 0.6 is 11.8 Å². The molecule has 1 aliphatic rings. The first kappa shape index (κ1) is 18.9. The summed E-state index contributed by atoms with van der Waals surface area (Å²) in [6.45, 7) is 0. The van der Waals surface area contributed by atoms with Crippen molar-refractivity contribution in [3.8, 4) is 11.1 Å². The van der Waals surface area contributed by atoms with Gasteiger partial charge in [-0.05, 0) is 28.3 Å². The summed E-state index contributed by atoms with van der Waals surface area (Å²) in [6.07, 6.45) is 1.29. The van der Waals surface area contributed by atoms with Crippen LogP contribution in [0.5, 0.6) is 0 Å². The van der Waals surface area contributed by atoms with Crippen LogP contribution in [0.15, 0.2) is 77.9 Å². The number of hydrogen-bond donors (Lipinski definition) is 1. The monoisotopic (exact) mass is 403 g/mol. The highest BCUT2D eigenvalue weighted by Crippen LogP contribution is 2.49. The predicted octanol–water partition coefficient (Wildman–Crippen LogP) is 4.55. The first-order chi connectivity index (χ1) is 14.1. The van der Waals surface area contributed by atoms with E-state index >= 15 is 0 Å². The SMILES string of the molecule is O=C(CSC1c2ccccc2-c2ccccc21)NN=Cc1ccccc1[N+](=O)[O-]. The maximum Gasteiger partial charge on any atom is 0.278 e. The Hall–Kier alpha value is -3.45. The second-order valence-corrected chi connectivity index (χ2v) is 7.57. The topological polar surface area (TPSA) is 84.6 Å². The lowest BCUT2D eigenvalue weighted by Crippen LogP contribution is -2.20. The number of para-hydroxylation sites is 1. The summed E-state index contributed by atoms with van der Waals surface area (Å²) in [6, 6.07) is 22.7. The summed E-state index contributed by atoms with van der Waals surface area (Å²) in [5.41, 5.74) is 7.55. The summed E-state index contributed by atoms with van der Waals surface area (Å²) in [5, 5.41) is 15.0. The lowest BCUT2D eigenvalue weighted by Gasteiger charge is -2.12. The van der Waals surface area contributed by atoms with Crippen LogP contribution in [0.3, 0.4) is 0 Å². The van der Waals surface area contributed by atoms with Crippen molar-refractivity contribution in [1.82, 2.24) is 5.43 Å². The molecule has 0 heterocycles. The van der Waals surface area contributed by atoms with Gasteiger partial charge < -0.3 is 0 Å². The molecule has 144 valence electrons. The molecule has 3 aromatic rings. The molecule has 0 spiro atoms. The smallest absolute Gasteiger partial charge is 0.272 e. The Balaban J connectivity index is 1.41. The molecule has 0 bridgehead atoms. The molecule has 0 aromatic heterocycles. The van der Waals surface area contributed by atoms with E-state index in [1.54, 1.807) is 18.2 Å². The number of nitrogens with zero attached hydrogens (tertiary/aromatic N) is 2. The molecule has 0 fully saturated rings. The largest absolute Gasteiger partial charge is 0.278 e. The van der Waals surface area contributed by atoms with Gasteiger partial charge in [-0.25, -0.2) is 5.43 Å². The number of nitro groups is 1. The lowest BCUT2D eigenvalue weighted by molar-refractivity contribution is -0.385. The Morgan fingerprint density at radius 1 is 1.00 bits per heavy atom. The Morgan fingerprint density at radius 2 is 1.59 bits per heavy atom. The Morgan fingerprint density at radius 3 is 2.24 bits per heavy atom. The zero-order valence-corrected chi connectivity index (χ0v) is 16.1. The minimum Gasteiger partial charge on any atom is -0.272 e. The molecular weight excluding hydrogens is 386 g/mol. The third-order valence-electron chi connectivity index (χ3n) is 4.68. The van der Waals surface area contributed by atoms with Gasteiger partial charge in [0.1, 0.15) is 0 Å². The molecule has 3 aromatic carbocycles. The molecule has 0 atom stereocenters. The van der Waals surface area contributed by atoms with E-state index in [2.05, 4.69) is 34.8 Å². The molecule has 1 aliphatic carbocycles. The molecule has 1 amide bonds. The van der Waals surface area contributed by atoms with Crippen molar-refractivity contribution in [3.63, 3.8) is 0 Å². The fourth-order valence-corrected chi connectivity index (χ4v) is 4.57. The number of hydrogen-bond acceptors (Lipinski definition) is 5. The third-order valence-corrected chi connectivity index (χ3v) is 5.95. The number of thioether (sulfide) groups is 1. The van der Waals surface area contributed by atoms with Gasteiger partial charge in [0.25, 0.3) is 5.69 Å². The summed E-state index contributed by atoms with van der Waals surface area (Å²) < 4.78 is 0. The van der Waals surface area contributed by atoms with Crippen LogP contribution in [0.2, 0.25) is 0 Å². The van der Waals surface area contributed by atoms with E-state index in [0.29, 0.717) is 5.56 Å². The van der Waals surface area contributed by atoms with Crippen LogP contribution in [0.25, 0.3) is 11.1 Å². The fraction of sp³-hybridized carbons (Fsp3) is 0.0909. The van der Waals surface area contributed by atoms with Crippen molar-refractivity contribution in [2.75, 3.05) is 5.75 Å². The second kappa shape index (κ2) is 8.28. The van der Waals surface area contributed by atoms with Crippen molar-refractivity contribution >= 4 is 29.6 Å². The van der Waals surface area contributed by atoms with Gasteiger partial charge in [0.15, 0.2) is 0 Å². The first-order valence-electron chi connectivity index (χ1n) is 9.00. The van der Waals surface area contributed by atoms with Crippen molar-refractivity contribution in [1.29, 1.82) is 0 Å². The van der Waals surface area contributed by atoms with Crippen molar-refractivity contribution < 1.29 is 9.72 Å². The van der Waals surface area contributed by atoms with Gasteiger partial charge in [0.2, 0.25) is 5.91 Å². The van der Waals surface area contributed by atoms with E-state index in [0.717, 1.165) is 0 Å². The standard InChI is InChI=1S/C22H17N3O3S/c26-21(24-23-13-15-7-1-6-12-20(15)25(27)28)14-29-22-18-10-4-2-8-16(18)17-9-3-5-11-19(17)22/h1-13,22H,14H2,(H,24,26). The van der Waals surface area contributed by atoms with E-state index < -0.39 is 4.92 Å². The number of fused-ring (bicyclic) bond motifs is 3. The average Bonchev–Trinajstić information content (AvgIpc) is 3.06. The number of benzene rings is 3. The summed E-state index contributed by atoms with van der Waals surface area (Å²) >= 11 is 1.54. The van der Waals surface area contributed by atoms with Gasteiger partial charge in [-0.2, -0.15) is 5.10 Å². The summed E-state index contributed by atoms with van der Waals surface area (Å²) in [4.78, 5) is 22.8. The Kier molecular flexibility index (Phi) is 5.39. The van der Waals surface area contributed by atoms with Gasteiger partial charge in [-0.1, -0.05) is 60.7 Å². The minimum absolute atomic E-state index is 0.0564. The van der Waals surface area contributed by atoms with Gasteiger partial charge in [-0.15, -0.1) is 11.8 Å². The van der Waals surface area contributed by atoms with Crippen LogP contribution in [0, 0.1) is 10.1 Å². The number of rotatable bonds is 6. The van der Waals surface area contributed by atoms with E-state index in [1.807, 2.05) is 24.3 Å². The first-order valence-corrected chi connectivity index (χ1v) is 10.0. The van der Waals surface area contributed by atoms with Crippen LogP contribution < -0.4 is 5.43 Å². The highest BCUT2D eigenvalue weighted by Gasteiger charge is 2.28. The molecule has 0 unspecified atom stereocenters. The molecule has 6 nitrogen and oxygen atoms in total. The molecule has 0 saturated carbocycles. The Labute approximate surface area is 171 Å². The zero-order chi connectivity index (χ0) is 20.2. The molecule has 1 N–H and O–H groups in total. The van der Waals surface area contributed by atoms with E-state index in [-0.39, 0.29) is 22.6 Å². The van der Waals surface area contributed by atoms with Crippen LogP contribution in [-0.4, -0.2) is 22.8 Å². The van der Waals surface area contributed by atoms with Crippen molar-refractivity contribution in [3.05, 3.63) is 99.6 Å². The normalized spacial score (nSPS) is 12.6. The van der Waals surface area contributed by atoms with Crippen molar-refractivity contribution in [2.24, 2.45) is 5.10 Å².